The second kappa shape index (κ2) is 12.4. The Labute approximate surface area is 173 Å². The number of nitrogens with one attached hydrogen (secondary N) is 1. The molecule has 1 aromatic rings. The number of aliphatic imine (C=N–C) groups is 1. The predicted octanol–water partition coefficient (Wildman–Crippen LogP) is 2.75. The number of guanidine groups is 1. The van der Waals surface area contributed by atoms with Crippen molar-refractivity contribution >= 4 is 29.9 Å². The summed E-state index contributed by atoms with van der Waals surface area (Å²) in [5.74, 6) is 1.95. The van der Waals surface area contributed by atoms with Crippen LogP contribution in [0.3, 0.4) is 0 Å². The molecule has 2 heterocycles. The summed E-state index contributed by atoms with van der Waals surface area (Å²) in [6.07, 6.45) is 2.24. The normalized spacial score (nSPS) is 17.1. The van der Waals surface area contributed by atoms with Crippen molar-refractivity contribution in [2.45, 2.75) is 59.3 Å². The van der Waals surface area contributed by atoms with Gasteiger partial charge in [0.25, 0.3) is 0 Å². The zero-order chi connectivity index (χ0) is 18.1. The van der Waals surface area contributed by atoms with Crippen LogP contribution in [0.1, 0.15) is 58.4 Å². The minimum atomic E-state index is -0.169. The molecule has 0 spiro atoms. The van der Waals surface area contributed by atoms with Gasteiger partial charge < -0.3 is 24.2 Å². The molecule has 8 nitrogen and oxygen atoms in total. The summed E-state index contributed by atoms with van der Waals surface area (Å²) in [4.78, 5) is 11.3. The third kappa shape index (κ3) is 6.99. The molecule has 1 saturated heterocycles. The number of halogens is 1. The Balaban J connectivity index is 0.00000338. The van der Waals surface area contributed by atoms with Crippen LogP contribution < -0.4 is 5.32 Å². The fourth-order valence-corrected chi connectivity index (χ4v) is 2.86. The Hall–Kier alpha value is -0.940. The quantitative estimate of drug-likeness (QED) is 0.347. The molecule has 2 rings (SSSR count). The zero-order valence-electron chi connectivity index (χ0n) is 16.2. The third-order valence-electron chi connectivity index (χ3n) is 4.11. The van der Waals surface area contributed by atoms with Crippen LogP contribution in [0.15, 0.2) is 9.52 Å². The molecule has 0 amide bonds. The van der Waals surface area contributed by atoms with E-state index in [9.17, 15) is 0 Å². The maximum absolute atomic E-state index is 5.71. The molecule has 26 heavy (non-hydrogen) atoms. The number of rotatable bonds is 8. The lowest BCUT2D eigenvalue weighted by atomic mass is 10.1. The van der Waals surface area contributed by atoms with E-state index in [0.29, 0.717) is 31.0 Å². The molecule has 1 aliphatic heterocycles. The number of hydrogen-bond donors (Lipinski definition) is 1. The largest absolute Gasteiger partial charge is 0.378 e. The van der Waals surface area contributed by atoms with Crippen LogP contribution in [0.4, 0.5) is 0 Å². The van der Waals surface area contributed by atoms with Gasteiger partial charge in [-0.3, -0.25) is 0 Å². The highest BCUT2D eigenvalue weighted by Crippen LogP contribution is 2.15. The molecule has 1 N–H and O–H groups in total. The van der Waals surface area contributed by atoms with Gasteiger partial charge in [-0.2, -0.15) is 4.98 Å². The van der Waals surface area contributed by atoms with E-state index >= 15 is 0 Å². The van der Waals surface area contributed by atoms with E-state index in [1.807, 2.05) is 20.8 Å². The van der Waals surface area contributed by atoms with Gasteiger partial charge in [0.1, 0.15) is 12.6 Å². The van der Waals surface area contributed by atoms with Crippen LogP contribution in [0.25, 0.3) is 0 Å². The summed E-state index contributed by atoms with van der Waals surface area (Å²) in [5, 5.41) is 7.31. The van der Waals surface area contributed by atoms with E-state index in [1.165, 1.54) is 0 Å². The average molecular weight is 481 g/mol. The first-order valence-corrected chi connectivity index (χ1v) is 9.26. The van der Waals surface area contributed by atoms with E-state index in [2.05, 4.69) is 32.3 Å². The van der Waals surface area contributed by atoms with Crippen molar-refractivity contribution in [1.29, 1.82) is 0 Å². The highest BCUT2D eigenvalue weighted by Gasteiger charge is 2.22. The van der Waals surface area contributed by atoms with E-state index in [1.54, 1.807) is 0 Å². The number of likely N-dealkylation sites (tertiary alicyclic amines) is 1. The molecule has 0 bridgehead atoms. The third-order valence-corrected chi connectivity index (χ3v) is 4.11. The lowest BCUT2D eigenvalue weighted by molar-refractivity contribution is 0.0263. The minimum absolute atomic E-state index is 0. The highest BCUT2D eigenvalue weighted by molar-refractivity contribution is 14.0. The van der Waals surface area contributed by atoms with Crippen molar-refractivity contribution in [3.8, 4) is 0 Å². The van der Waals surface area contributed by atoms with Gasteiger partial charge in [-0.25, -0.2) is 4.99 Å². The van der Waals surface area contributed by atoms with Gasteiger partial charge in [-0.1, -0.05) is 5.16 Å². The molecule has 1 aromatic heterocycles. The molecule has 0 saturated carbocycles. The van der Waals surface area contributed by atoms with Crippen molar-refractivity contribution in [2.75, 3.05) is 32.8 Å². The Morgan fingerprint density at radius 1 is 1.31 bits per heavy atom. The molecule has 0 aliphatic carbocycles. The average Bonchev–Trinajstić information content (AvgIpc) is 3.09. The molecule has 1 fully saturated rings. The fourth-order valence-electron chi connectivity index (χ4n) is 2.86. The van der Waals surface area contributed by atoms with Crippen LogP contribution in [0.2, 0.25) is 0 Å². The molecule has 1 unspecified atom stereocenters. The minimum Gasteiger partial charge on any atom is -0.378 e. The van der Waals surface area contributed by atoms with Gasteiger partial charge in [0.05, 0.1) is 6.10 Å². The first kappa shape index (κ1) is 23.1. The van der Waals surface area contributed by atoms with Crippen molar-refractivity contribution in [3.05, 3.63) is 11.7 Å². The van der Waals surface area contributed by atoms with E-state index < -0.39 is 0 Å². The fraction of sp³-hybridized carbons (Fsp3) is 0.824. The molecule has 1 atom stereocenters. The summed E-state index contributed by atoms with van der Waals surface area (Å²) < 4.78 is 16.5. The molecule has 0 aromatic carbocycles. The highest BCUT2D eigenvalue weighted by atomic mass is 127. The smallest absolute Gasteiger partial charge is 0.248 e. The molecule has 1 aliphatic rings. The van der Waals surface area contributed by atoms with Crippen molar-refractivity contribution in [1.82, 2.24) is 20.4 Å². The summed E-state index contributed by atoms with van der Waals surface area (Å²) in [5.41, 5.74) is 0. The van der Waals surface area contributed by atoms with Crippen molar-refractivity contribution in [3.63, 3.8) is 0 Å². The van der Waals surface area contributed by atoms with Gasteiger partial charge in [0.15, 0.2) is 11.8 Å². The standard InChI is InChI=1S/C17H31N5O3.HI/c1-5-18-17(22-10-8-14(9-11-22)24-7-3)19-12-15-20-16(21-25-15)13(4)23-6-2;/h13-14H,5-12H2,1-4H3,(H,18,19);1H. The van der Waals surface area contributed by atoms with Crippen molar-refractivity contribution in [2.24, 2.45) is 4.99 Å². The van der Waals surface area contributed by atoms with E-state index in [0.717, 1.165) is 45.0 Å². The first-order valence-electron chi connectivity index (χ1n) is 9.26. The van der Waals surface area contributed by atoms with Gasteiger partial charge in [-0.15, -0.1) is 24.0 Å². The Morgan fingerprint density at radius 2 is 2.04 bits per heavy atom. The number of aromatic nitrogens is 2. The predicted molar refractivity (Wildman–Crippen MR) is 111 cm³/mol. The summed E-state index contributed by atoms with van der Waals surface area (Å²) in [6.45, 7) is 12.4. The summed E-state index contributed by atoms with van der Waals surface area (Å²) >= 11 is 0. The number of nitrogens with zero attached hydrogens (tertiary/aromatic N) is 4. The zero-order valence-corrected chi connectivity index (χ0v) is 18.6. The maximum atomic E-state index is 5.71. The molecule has 9 heteroatoms. The Bertz CT molecular complexity index is 532. The van der Waals surface area contributed by atoms with Crippen molar-refractivity contribution < 1.29 is 14.0 Å². The molecular weight excluding hydrogens is 449 g/mol. The van der Waals surface area contributed by atoms with E-state index in [4.69, 9.17) is 14.0 Å². The van der Waals surface area contributed by atoms with Crippen LogP contribution in [-0.2, 0) is 16.0 Å². The molecule has 150 valence electrons. The first-order chi connectivity index (χ1) is 12.2. The van der Waals surface area contributed by atoms with Gasteiger partial charge in [0, 0.05) is 32.8 Å². The summed E-state index contributed by atoms with van der Waals surface area (Å²) in [7, 11) is 0. The maximum Gasteiger partial charge on any atom is 0.248 e. The lowest BCUT2D eigenvalue weighted by Gasteiger charge is -2.34. The van der Waals surface area contributed by atoms with Crippen LogP contribution in [-0.4, -0.2) is 60.0 Å². The number of piperidine rings is 1. The van der Waals surface area contributed by atoms with Crippen LogP contribution in [0.5, 0.6) is 0 Å². The number of ether oxygens (including phenoxy) is 2. The molecule has 0 radical (unpaired) electrons. The second-order valence-electron chi connectivity index (χ2n) is 5.96. The van der Waals surface area contributed by atoms with Gasteiger partial charge >= 0.3 is 0 Å². The lowest BCUT2D eigenvalue weighted by Crippen LogP contribution is -2.47. The second-order valence-corrected chi connectivity index (χ2v) is 5.96. The summed E-state index contributed by atoms with van der Waals surface area (Å²) in [6, 6.07) is 0. The van der Waals surface area contributed by atoms with Gasteiger partial charge in [0.2, 0.25) is 5.89 Å². The van der Waals surface area contributed by atoms with Crippen LogP contribution in [0, 0.1) is 0 Å². The number of hydrogen-bond acceptors (Lipinski definition) is 6. The monoisotopic (exact) mass is 481 g/mol. The topological polar surface area (TPSA) is 85.0 Å². The Kier molecular flexibility index (Phi) is 11.1. The van der Waals surface area contributed by atoms with Gasteiger partial charge in [-0.05, 0) is 40.5 Å². The van der Waals surface area contributed by atoms with Crippen LogP contribution >= 0.6 is 24.0 Å². The van der Waals surface area contributed by atoms with E-state index in [-0.39, 0.29) is 30.1 Å². The Morgan fingerprint density at radius 3 is 2.65 bits per heavy atom. The molecular formula is C17H32IN5O3. The SMILES string of the molecule is CCNC(=NCc1nc(C(C)OCC)no1)N1CCC(OCC)CC1.I.